The summed E-state index contributed by atoms with van der Waals surface area (Å²) in [6.45, 7) is 10.0. The molecule has 1 amide bonds. The summed E-state index contributed by atoms with van der Waals surface area (Å²) in [5.74, 6) is 0.336. The van der Waals surface area contributed by atoms with Crippen LogP contribution in [0.3, 0.4) is 0 Å². The van der Waals surface area contributed by atoms with Crippen LogP contribution in [0, 0.1) is 22.6 Å². The van der Waals surface area contributed by atoms with Crippen molar-refractivity contribution in [2.45, 2.75) is 53.6 Å². The molecular formula is C20H30BFN2O3. The zero-order chi connectivity index (χ0) is 19.8. The lowest BCUT2D eigenvalue weighted by atomic mass is 9.51. The van der Waals surface area contributed by atoms with Crippen molar-refractivity contribution in [3.8, 4) is 0 Å². The van der Waals surface area contributed by atoms with Crippen LogP contribution in [0.2, 0.25) is 0 Å². The number of amides is 1. The molecule has 1 saturated carbocycles. The summed E-state index contributed by atoms with van der Waals surface area (Å²) in [7, 11) is -1.04. The van der Waals surface area contributed by atoms with Gasteiger partial charge in [0.25, 0.3) is 0 Å². The van der Waals surface area contributed by atoms with Crippen LogP contribution in [-0.2, 0) is 16.1 Å². The van der Waals surface area contributed by atoms with Crippen molar-refractivity contribution < 1.29 is 18.9 Å². The minimum Gasteiger partial charge on any atom is -0.423 e. The molecule has 3 rings (SSSR count). The van der Waals surface area contributed by atoms with Gasteiger partial charge in [-0.05, 0) is 53.8 Å². The van der Waals surface area contributed by atoms with Gasteiger partial charge in [-0.3, -0.25) is 4.79 Å². The molecule has 0 spiro atoms. The van der Waals surface area contributed by atoms with Gasteiger partial charge in [-0.25, -0.2) is 4.39 Å². The molecule has 0 aromatic heterocycles. The fraction of sp³-hybridized carbons (Fsp3) is 0.650. The van der Waals surface area contributed by atoms with E-state index in [1.165, 1.54) is 6.07 Å². The third kappa shape index (κ3) is 3.85. The molecule has 1 aliphatic carbocycles. The zero-order valence-corrected chi connectivity index (χ0v) is 16.7. The van der Waals surface area contributed by atoms with E-state index in [1.54, 1.807) is 6.07 Å². The molecule has 7 heteroatoms. The van der Waals surface area contributed by atoms with Crippen LogP contribution in [-0.4, -0.2) is 31.1 Å². The van der Waals surface area contributed by atoms with Gasteiger partial charge < -0.3 is 20.3 Å². The van der Waals surface area contributed by atoms with Gasteiger partial charge in [0.15, 0.2) is 0 Å². The number of benzene rings is 1. The van der Waals surface area contributed by atoms with E-state index in [2.05, 4.69) is 38.3 Å². The van der Waals surface area contributed by atoms with E-state index in [0.29, 0.717) is 36.6 Å². The van der Waals surface area contributed by atoms with E-state index >= 15 is 0 Å². The molecule has 3 N–H and O–H groups in total. The topological polar surface area (TPSA) is 70.6 Å². The Labute approximate surface area is 161 Å². The van der Waals surface area contributed by atoms with Crippen LogP contribution in [0.4, 0.5) is 10.1 Å². The average molecular weight is 376 g/mol. The summed E-state index contributed by atoms with van der Waals surface area (Å²) in [6, 6.07) is 3.01. The van der Waals surface area contributed by atoms with E-state index in [0.717, 1.165) is 18.4 Å². The standard InChI is InChI=1S/C20H30BFN2O3/c1-13-10-20(11-13,19(2,3)4)18(25)24-7-5-6-23-17-8-14-12-27-21(26)15(14)9-16(17)22/h8-9,13,23,26H,5-7,10-12H2,1-4H3,(H,24,25). The lowest BCUT2D eigenvalue weighted by Crippen LogP contribution is -2.56. The zero-order valence-electron chi connectivity index (χ0n) is 16.7. The quantitative estimate of drug-likeness (QED) is 0.527. The van der Waals surface area contributed by atoms with Gasteiger partial charge in [0, 0.05) is 13.1 Å². The molecule has 5 nitrogen and oxygen atoms in total. The van der Waals surface area contributed by atoms with Gasteiger partial charge in [0.2, 0.25) is 5.91 Å². The molecule has 1 fully saturated rings. The van der Waals surface area contributed by atoms with Crippen molar-refractivity contribution >= 4 is 24.2 Å². The lowest BCUT2D eigenvalue weighted by molar-refractivity contribution is -0.151. The Morgan fingerprint density at radius 1 is 1.37 bits per heavy atom. The molecule has 0 atom stereocenters. The fourth-order valence-electron chi connectivity index (χ4n) is 4.33. The molecule has 1 aromatic carbocycles. The van der Waals surface area contributed by atoms with Gasteiger partial charge in [-0.1, -0.05) is 27.7 Å². The number of hydrogen-bond acceptors (Lipinski definition) is 4. The number of halogens is 1. The second-order valence-electron chi connectivity index (χ2n) is 9.08. The first-order valence-electron chi connectivity index (χ1n) is 9.78. The fourth-order valence-corrected chi connectivity index (χ4v) is 4.33. The number of hydrogen-bond donors (Lipinski definition) is 3. The van der Waals surface area contributed by atoms with Crippen molar-refractivity contribution in [3.05, 3.63) is 23.5 Å². The number of fused-ring (bicyclic) bond motifs is 1. The van der Waals surface area contributed by atoms with Crippen LogP contribution in [0.5, 0.6) is 0 Å². The maximum absolute atomic E-state index is 14.1. The van der Waals surface area contributed by atoms with Gasteiger partial charge in [0.1, 0.15) is 5.82 Å². The highest BCUT2D eigenvalue weighted by molar-refractivity contribution is 6.61. The van der Waals surface area contributed by atoms with Gasteiger partial charge in [-0.15, -0.1) is 0 Å². The molecule has 0 radical (unpaired) electrons. The van der Waals surface area contributed by atoms with E-state index in [1.807, 2.05) is 0 Å². The molecule has 1 heterocycles. The Hall–Kier alpha value is -1.60. The maximum Gasteiger partial charge on any atom is 0.491 e. The van der Waals surface area contributed by atoms with E-state index in [4.69, 9.17) is 4.65 Å². The Morgan fingerprint density at radius 2 is 2.07 bits per heavy atom. The Bertz CT molecular complexity index is 714. The smallest absolute Gasteiger partial charge is 0.423 e. The summed E-state index contributed by atoms with van der Waals surface area (Å²) in [5.41, 5.74) is 1.37. The van der Waals surface area contributed by atoms with Gasteiger partial charge in [0.05, 0.1) is 17.7 Å². The molecule has 27 heavy (non-hydrogen) atoms. The molecule has 0 unspecified atom stereocenters. The Balaban J connectivity index is 1.47. The van der Waals surface area contributed by atoms with Crippen LogP contribution in [0.15, 0.2) is 12.1 Å². The van der Waals surface area contributed by atoms with E-state index in [-0.39, 0.29) is 23.3 Å². The predicted molar refractivity (Wildman–Crippen MR) is 105 cm³/mol. The number of anilines is 1. The summed E-state index contributed by atoms with van der Waals surface area (Å²) in [4.78, 5) is 12.8. The summed E-state index contributed by atoms with van der Waals surface area (Å²) in [6.07, 6.45) is 2.58. The SMILES string of the molecule is CC1CC(C(=O)NCCCNc2cc3c(cc2F)B(O)OC3)(C(C)(C)C)C1. The highest BCUT2D eigenvalue weighted by Gasteiger charge is 2.55. The first-order valence-corrected chi connectivity index (χ1v) is 9.78. The van der Waals surface area contributed by atoms with E-state index < -0.39 is 12.9 Å². The normalized spacial score (nSPS) is 24.4. The number of carbonyl (C=O) groups excluding carboxylic acids is 1. The van der Waals surface area contributed by atoms with Crippen LogP contribution < -0.4 is 16.1 Å². The first-order chi connectivity index (χ1) is 12.6. The second-order valence-corrected chi connectivity index (χ2v) is 9.08. The molecule has 0 bridgehead atoms. The van der Waals surface area contributed by atoms with Crippen molar-refractivity contribution in [2.24, 2.45) is 16.7 Å². The molecule has 1 aromatic rings. The highest BCUT2D eigenvalue weighted by Crippen LogP contribution is 2.56. The monoisotopic (exact) mass is 376 g/mol. The number of carbonyl (C=O) groups is 1. The summed E-state index contributed by atoms with van der Waals surface area (Å²) in [5, 5.41) is 15.8. The minimum absolute atomic E-state index is 0.0535. The molecule has 2 aliphatic rings. The summed E-state index contributed by atoms with van der Waals surface area (Å²) >= 11 is 0. The molecule has 0 saturated heterocycles. The minimum atomic E-state index is -1.04. The van der Waals surface area contributed by atoms with Crippen LogP contribution in [0.1, 0.15) is 52.5 Å². The summed E-state index contributed by atoms with van der Waals surface area (Å²) < 4.78 is 19.2. The highest BCUT2D eigenvalue weighted by atomic mass is 19.1. The van der Waals surface area contributed by atoms with Gasteiger partial charge >= 0.3 is 7.12 Å². The first kappa shape index (κ1) is 20.1. The van der Waals surface area contributed by atoms with Crippen LogP contribution >= 0.6 is 0 Å². The Morgan fingerprint density at radius 3 is 2.70 bits per heavy atom. The van der Waals surface area contributed by atoms with Crippen molar-refractivity contribution in [1.29, 1.82) is 0 Å². The molecular weight excluding hydrogens is 346 g/mol. The van der Waals surface area contributed by atoms with E-state index in [9.17, 15) is 14.2 Å². The van der Waals surface area contributed by atoms with Crippen molar-refractivity contribution in [3.63, 3.8) is 0 Å². The predicted octanol–water partition coefficient (Wildman–Crippen LogP) is 2.42. The van der Waals surface area contributed by atoms with Gasteiger partial charge in [-0.2, -0.15) is 0 Å². The largest absolute Gasteiger partial charge is 0.491 e. The van der Waals surface area contributed by atoms with Crippen molar-refractivity contribution in [2.75, 3.05) is 18.4 Å². The maximum atomic E-state index is 14.1. The average Bonchev–Trinajstić information content (AvgIpc) is 2.90. The molecule has 148 valence electrons. The third-order valence-corrected chi connectivity index (χ3v) is 6.11. The Kier molecular flexibility index (Phi) is 5.55. The number of rotatable bonds is 6. The number of nitrogens with one attached hydrogen (secondary N) is 2. The second kappa shape index (κ2) is 7.43. The third-order valence-electron chi connectivity index (χ3n) is 6.11. The lowest BCUT2D eigenvalue weighted by Gasteiger charge is -2.53. The van der Waals surface area contributed by atoms with Crippen LogP contribution in [0.25, 0.3) is 0 Å². The van der Waals surface area contributed by atoms with Crippen molar-refractivity contribution in [1.82, 2.24) is 5.32 Å². The molecule has 1 aliphatic heterocycles.